The first-order valence-electron chi connectivity index (χ1n) is 20.1. The average molecular weight is 742 g/mol. The van der Waals surface area contributed by atoms with Crippen LogP contribution in [0, 0.1) is 5.92 Å². The summed E-state index contributed by atoms with van der Waals surface area (Å²) in [6.07, 6.45) is 17.3. The number of nitrogens with one attached hydrogen (secondary N) is 1. The lowest BCUT2D eigenvalue weighted by Gasteiger charge is -2.39. The molecule has 5 aromatic carbocycles. The van der Waals surface area contributed by atoms with Gasteiger partial charge in [0.2, 0.25) is 0 Å². The third-order valence-corrected chi connectivity index (χ3v) is 14.1. The van der Waals surface area contributed by atoms with Crippen LogP contribution in [0.3, 0.4) is 0 Å². The topological polar surface area (TPSA) is 36.8 Å². The molecule has 2 heterocycles. The summed E-state index contributed by atoms with van der Waals surface area (Å²) in [6.45, 7) is 4.86. The fourth-order valence-electron chi connectivity index (χ4n) is 10.0. The molecule has 4 heteroatoms. The minimum atomic E-state index is -0.370. The van der Waals surface area contributed by atoms with Crippen molar-refractivity contribution >= 4 is 50.8 Å². The number of hydrogen-bond donors (Lipinski definition) is 1. The van der Waals surface area contributed by atoms with E-state index in [0.717, 1.165) is 47.6 Å². The molecule has 5 aliphatic rings. The first-order chi connectivity index (χ1) is 27.5. The van der Waals surface area contributed by atoms with Gasteiger partial charge >= 0.3 is 0 Å². The van der Waals surface area contributed by atoms with E-state index in [1.54, 1.807) is 0 Å². The molecule has 4 aliphatic carbocycles. The third-order valence-electron chi connectivity index (χ3n) is 12.9. The molecule has 0 saturated carbocycles. The number of nitrogens with zero attached hydrogens (tertiary/aromatic N) is 2. The number of benzene rings is 5. The largest absolute Gasteiger partial charge is 0.324 e. The van der Waals surface area contributed by atoms with Gasteiger partial charge in [0.25, 0.3) is 0 Å². The van der Waals surface area contributed by atoms with Crippen LogP contribution in [-0.4, -0.2) is 11.7 Å². The van der Waals surface area contributed by atoms with Crippen LogP contribution in [0.2, 0.25) is 0 Å². The normalized spacial score (nSPS) is 22.8. The summed E-state index contributed by atoms with van der Waals surface area (Å²) in [4.78, 5) is 12.1. The average Bonchev–Trinajstić information content (AvgIpc) is 3.74. The number of allylic oxidation sites excluding steroid dienone is 6. The fraction of sp³-hybridized carbons (Fsp3) is 0.192. The van der Waals surface area contributed by atoms with Gasteiger partial charge in [-0.05, 0) is 99.4 Å². The van der Waals surface area contributed by atoms with Crippen molar-refractivity contribution in [3.63, 3.8) is 0 Å². The van der Waals surface area contributed by atoms with Crippen molar-refractivity contribution in [2.75, 3.05) is 0 Å². The summed E-state index contributed by atoms with van der Waals surface area (Å²) in [5.74, 6) is 2.78. The predicted molar refractivity (Wildman–Crippen MR) is 236 cm³/mol. The van der Waals surface area contributed by atoms with Crippen molar-refractivity contribution < 1.29 is 0 Å². The Morgan fingerprint density at radius 1 is 0.732 bits per heavy atom. The lowest BCUT2D eigenvalue weighted by Crippen LogP contribution is -2.36. The third kappa shape index (κ3) is 5.45. The molecule has 4 atom stereocenters. The second-order valence-electron chi connectivity index (χ2n) is 16.4. The molecule has 0 spiro atoms. The van der Waals surface area contributed by atoms with E-state index in [2.05, 4.69) is 177 Å². The van der Waals surface area contributed by atoms with Gasteiger partial charge in [-0.2, -0.15) is 0 Å². The number of fused-ring (bicyclic) bond motifs is 7. The number of aryl methyl sites for hydroxylation is 1. The fourth-order valence-corrected chi connectivity index (χ4v) is 11.2. The minimum Gasteiger partial charge on any atom is -0.324 e. The zero-order valence-corrected chi connectivity index (χ0v) is 32.6. The molecule has 272 valence electrons. The van der Waals surface area contributed by atoms with Crippen LogP contribution in [0.15, 0.2) is 161 Å². The van der Waals surface area contributed by atoms with Crippen molar-refractivity contribution in [3.05, 3.63) is 206 Å². The van der Waals surface area contributed by atoms with Crippen LogP contribution >= 0.6 is 11.3 Å². The summed E-state index contributed by atoms with van der Waals surface area (Å²) in [5.41, 5.74) is 14.4. The van der Waals surface area contributed by atoms with Crippen molar-refractivity contribution in [3.8, 4) is 0 Å². The molecule has 0 radical (unpaired) electrons. The maximum atomic E-state index is 5.40. The minimum absolute atomic E-state index is 0.145. The standard InChI is InChI=1S/C52H43N3S/c1-52(2)43-31-38(51-54-49(35-15-7-4-8-16-35)53-50(55-51)37-26-28-46-42(29-37)40-19-11-12-20-45(40)56-46)25-27-41(43)48-44(52)30-36-17-9-10-18-39(36)47(48)34-23-21-33(22-24-34)32-13-5-3-6-14-32/h3-10,12-18,20-23,25-31,34,47-48,51H,11,19,24H2,1-2H3,(H,53,54,55). The molecule has 11 rings (SSSR count). The predicted octanol–water partition coefficient (Wildman–Crippen LogP) is 12.6. The first-order valence-corrected chi connectivity index (χ1v) is 20.9. The molecule has 56 heavy (non-hydrogen) atoms. The number of aliphatic imine (C=N–C) groups is 2. The Morgan fingerprint density at radius 2 is 1.50 bits per heavy atom. The van der Waals surface area contributed by atoms with E-state index in [-0.39, 0.29) is 11.6 Å². The Kier molecular flexibility index (Phi) is 7.86. The lowest BCUT2D eigenvalue weighted by atomic mass is 9.64. The van der Waals surface area contributed by atoms with Crippen LogP contribution in [0.25, 0.3) is 27.8 Å². The summed E-state index contributed by atoms with van der Waals surface area (Å²) >= 11 is 1.89. The van der Waals surface area contributed by atoms with Crippen molar-refractivity contribution in [1.82, 2.24) is 5.32 Å². The van der Waals surface area contributed by atoms with Gasteiger partial charge in [0, 0.05) is 38.0 Å². The summed E-state index contributed by atoms with van der Waals surface area (Å²) in [7, 11) is 0. The lowest BCUT2D eigenvalue weighted by molar-refractivity contribution is 0.445. The van der Waals surface area contributed by atoms with Crippen LogP contribution in [0.1, 0.15) is 99.6 Å². The summed E-state index contributed by atoms with van der Waals surface area (Å²) in [6, 6.07) is 44.4. The van der Waals surface area contributed by atoms with E-state index in [1.807, 2.05) is 11.3 Å². The highest BCUT2D eigenvalue weighted by molar-refractivity contribution is 7.20. The van der Waals surface area contributed by atoms with E-state index in [0.29, 0.717) is 17.8 Å². The van der Waals surface area contributed by atoms with Gasteiger partial charge in [-0.25, -0.2) is 9.98 Å². The van der Waals surface area contributed by atoms with E-state index >= 15 is 0 Å². The highest BCUT2D eigenvalue weighted by atomic mass is 32.1. The quantitative estimate of drug-likeness (QED) is 0.188. The Bertz CT molecular complexity index is 2740. The maximum absolute atomic E-state index is 5.40. The van der Waals surface area contributed by atoms with E-state index in [4.69, 9.17) is 9.98 Å². The molecule has 0 amide bonds. The van der Waals surface area contributed by atoms with Gasteiger partial charge in [-0.3, -0.25) is 0 Å². The van der Waals surface area contributed by atoms with Crippen molar-refractivity contribution in [1.29, 1.82) is 0 Å². The highest BCUT2D eigenvalue weighted by Crippen LogP contribution is 2.61. The van der Waals surface area contributed by atoms with Gasteiger partial charge in [-0.1, -0.05) is 153 Å². The van der Waals surface area contributed by atoms with Crippen molar-refractivity contribution in [2.45, 2.75) is 56.5 Å². The van der Waals surface area contributed by atoms with Crippen LogP contribution in [0.4, 0.5) is 0 Å². The number of hydrogen-bond acceptors (Lipinski definition) is 4. The second kappa shape index (κ2) is 13.1. The molecule has 0 saturated heterocycles. The van der Waals surface area contributed by atoms with Gasteiger partial charge in [-0.15, -0.1) is 11.3 Å². The van der Waals surface area contributed by atoms with E-state index in [1.165, 1.54) is 59.5 Å². The van der Waals surface area contributed by atoms with Crippen LogP contribution < -0.4 is 5.32 Å². The molecule has 1 aromatic heterocycles. The molecule has 0 bridgehead atoms. The number of thiophene rings is 1. The molecular weight excluding hydrogens is 699 g/mol. The second-order valence-corrected chi connectivity index (χ2v) is 17.5. The van der Waals surface area contributed by atoms with Gasteiger partial charge < -0.3 is 5.32 Å². The van der Waals surface area contributed by atoms with Gasteiger partial charge in [0.1, 0.15) is 11.7 Å². The summed E-state index contributed by atoms with van der Waals surface area (Å²) in [5, 5.41) is 5.02. The molecule has 0 fully saturated rings. The van der Waals surface area contributed by atoms with Crippen LogP contribution in [0.5, 0.6) is 0 Å². The SMILES string of the molecule is CC1(C)C2=Cc3ccccc3C(C3C=CC(c4ccccc4)=CC3)C2c2ccc(C3N=C(c4ccccc4)NC(c4ccc5sc6c(c5c4)CCC=C6)=N3)cc21. The monoisotopic (exact) mass is 741 g/mol. The smallest absolute Gasteiger partial charge is 0.169 e. The van der Waals surface area contributed by atoms with Crippen LogP contribution in [-0.2, 0) is 11.8 Å². The first kappa shape index (κ1) is 33.5. The number of amidine groups is 2. The zero-order valence-electron chi connectivity index (χ0n) is 31.7. The van der Waals surface area contributed by atoms with E-state index in [9.17, 15) is 0 Å². The van der Waals surface area contributed by atoms with Gasteiger partial charge in [0.05, 0.1) is 0 Å². The number of rotatable bonds is 5. The Morgan fingerprint density at radius 3 is 2.30 bits per heavy atom. The Labute approximate surface area is 333 Å². The summed E-state index contributed by atoms with van der Waals surface area (Å²) < 4.78 is 1.34. The van der Waals surface area contributed by atoms with Gasteiger partial charge in [0.15, 0.2) is 6.17 Å². The van der Waals surface area contributed by atoms with E-state index < -0.39 is 0 Å². The van der Waals surface area contributed by atoms with Crippen molar-refractivity contribution in [2.24, 2.45) is 15.9 Å². The molecular formula is C52H43N3S. The Balaban J connectivity index is 0.997. The maximum Gasteiger partial charge on any atom is 0.169 e. The molecule has 1 aliphatic heterocycles. The molecule has 4 unspecified atom stereocenters. The Hall–Kier alpha value is -5.84. The zero-order chi connectivity index (χ0) is 37.4. The molecule has 6 aromatic rings. The highest BCUT2D eigenvalue weighted by Gasteiger charge is 2.49. The molecule has 3 nitrogen and oxygen atoms in total. The molecule has 1 N–H and O–H groups in total.